The number of para-hydroxylation sites is 1. The fourth-order valence-electron chi connectivity index (χ4n) is 2.70. The fraction of sp³-hybridized carbons (Fsp3) is 0.190. The Labute approximate surface area is 167 Å². The smallest absolute Gasteiger partial charge is 0.274 e. The zero-order valence-electron chi connectivity index (χ0n) is 16.0. The molecule has 1 amide bonds. The lowest BCUT2D eigenvalue weighted by atomic mass is 10.1. The highest BCUT2D eigenvalue weighted by Crippen LogP contribution is 2.19. The summed E-state index contributed by atoms with van der Waals surface area (Å²) in [5, 5.41) is 5.36. The Morgan fingerprint density at radius 1 is 1.07 bits per heavy atom. The van der Waals surface area contributed by atoms with E-state index in [1.54, 1.807) is 14.0 Å². The summed E-state index contributed by atoms with van der Waals surface area (Å²) in [5.74, 6) is -0.847. The number of aromatic nitrogens is 2. The van der Waals surface area contributed by atoms with Gasteiger partial charge in [0.05, 0.1) is 7.11 Å². The van der Waals surface area contributed by atoms with Gasteiger partial charge in [0.15, 0.2) is 0 Å². The molecule has 0 spiro atoms. The molecule has 0 aliphatic rings. The molecule has 0 bridgehead atoms. The molecule has 150 valence electrons. The maximum absolute atomic E-state index is 13.8. The Morgan fingerprint density at radius 2 is 1.76 bits per heavy atom. The van der Waals surface area contributed by atoms with E-state index in [9.17, 15) is 13.6 Å². The van der Waals surface area contributed by atoms with Crippen molar-refractivity contribution in [3.05, 3.63) is 77.2 Å². The van der Waals surface area contributed by atoms with Gasteiger partial charge in [-0.3, -0.25) is 4.79 Å². The minimum Gasteiger partial charge on any atom is -0.497 e. The van der Waals surface area contributed by atoms with Gasteiger partial charge in [0.25, 0.3) is 5.91 Å². The summed E-state index contributed by atoms with van der Waals surface area (Å²) in [7, 11) is 1.61. The maximum atomic E-state index is 13.8. The van der Waals surface area contributed by atoms with E-state index in [1.165, 1.54) is 12.1 Å². The number of methoxy groups -OCH3 is 1. The number of hydrogen-bond donors (Lipinski definition) is 2. The van der Waals surface area contributed by atoms with Crippen LogP contribution in [0.5, 0.6) is 5.75 Å². The second-order valence-electron chi connectivity index (χ2n) is 6.26. The van der Waals surface area contributed by atoms with Crippen molar-refractivity contribution in [1.82, 2.24) is 9.97 Å². The normalized spacial score (nSPS) is 10.5. The molecule has 3 rings (SSSR count). The standard InChI is InChI=1S/C21H20F2N4O2/c1-13-25-18(21(28)27-20-16(22)4-3-5-17(20)23)12-19(26-13)24-11-10-14-6-8-15(29-2)9-7-14/h3-9,12H,10-11H2,1-2H3,(H,27,28)(H,24,25,26). The molecule has 0 unspecified atom stereocenters. The molecule has 0 atom stereocenters. The number of benzene rings is 2. The van der Waals surface area contributed by atoms with E-state index in [0.29, 0.717) is 18.2 Å². The van der Waals surface area contributed by atoms with Gasteiger partial charge in [0.2, 0.25) is 0 Å². The van der Waals surface area contributed by atoms with Crippen LogP contribution in [-0.4, -0.2) is 29.5 Å². The van der Waals surface area contributed by atoms with Gasteiger partial charge < -0.3 is 15.4 Å². The van der Waals surface area contributed by atoms with Crippen molar-refractivity contribution in [3.63, 3.8) is 0 Å². The van der Waals surface area contributed by atoms with Crippen LogP contribution in [-0.2, 0) is 6.42 Å². The molecule has 0 aliphatic carbocycles. The monoisotopic (exact) mass is 398 g/mol. The van der Waals surface area contributed by atoms with Crippen molar-refractivity contribution >= 4 is 17.4 Å². The number of rotatable bonds is 7. The average Bonchev–Trinajstić information content (AvgIpc) is 2.71. The number of carbonyl (C=O) groups is 1. The van der Waals surface area contributed by atoms with Crippen LogP contribution in [0, 0.1) is 18.6 Å². The summed E-state index contributed by atoms with van der Waals surface area (Å²) in [6.45, 7) is 2.21. The lowest BCUT2D eigenvalue weighted by molar-refractivity contribution is 0.102. The number of ether oxygens (including phenoxy) is 1. The van der Waals surface area contributed by atoms with Crippen molar-refractivity contribution in [2.45, 2.75) is 13.3 Å². The Morgan fingerprint density at radius 3 is 2.41 bits per heavy atom. The molecule has 0 aliphatic heterocycles. The van der Waals surface area contributed by atoms with Gasteiger partial charge >= 0.3 is 0 Å². The average molecular weight is 398 g/mol. The fourth-order valence-corrected chi connectivity index (χ4v) is 2.70. The Bertz CT molecular complexity index is 990. The SMILES string of the molecule is COc1ccc(CCNc2cc(C(=O)Nc3c(F)cccc3F)nc(C)n2)cc1. The van der Waals surface area contributed by atoms with Gasteiger partial charge in [-0.15, -0.1) is 0 Å². The summed E-state index contributed by atoms with van der Waals surface area (Å²) in [6, 6.07) is 12.5. The Balaban J connectivity index is 1.66. The molecule has 8 heteroatoms. The van der Waals surface area contributed by atoms with E-state index in [4.69, 9.17) is 4.74 Å². The van der Waals surface area contributed by atoms with Crippen LogP contribution in [0.2, 0.25) is 0 Å². The zero-order valence-corrected chi connectivity index (χ0v) is 16.0. The van der Waals surface area contributed by atoms with E-state index in [2.05, 4.69) is 20.6 Å². The van der Waals surface area contributed by atoms with Gasteiger partial charge in [-0.25, -0.2) is 18.7 Å². The molecule has 6 nitrogen and oxygen atoms in total. The topological polar surface area (TPSA) is 76.1 Å². The number of carbonyl (C=O) groups excluding carboxylic acids is 1. The summed E-state index contributed by atoms with van der Waals surface area (Å²) in [6.07, 6.45) is 0.731. The summed E-state index contributed by atoms with van der Waals surface area (Å²) < 4.78 is 32.6. The van der Waals surface area contributed by atoms with Crippen LogP contribution < -0.4 is 15.4 Å². The zero-order chi connectivity index (χ0) is 20.8. The number of anilines is 2. The van der Waals surface area contributed by atoms with Crippen molar-refractivity contribution in [3.8, 4) is 5.75 Å². The number of nitrogens with one attached hydrogen (secondary N) is 2. The van der Waals surface area contributed by atoms with Crippen LogP contribution in [0.25, 0.3) is 0 Å². The molecule has 1 heterocycles. The highest BCUT2D eigenvalue weighted by atomic mass is 19.1. The largest absolute Gasteiger partial charge is 0.497 e. The molecular formula is C21H20F2N4O2. The molecule has 0 radical (unpaired) electrons. The van der Waals surface area contributed by atoms with Crippen molar-refractivity contribution in [1.29, 1.82) is 0 Å². The van der Waals surface area contributed by atoms with E-state index < -0.39 is 23.2 Å². The first-order chi connectivity index (χ1) is 14.0. The Hall–Kier alpha value is -3.55. The highest BCUT2D eigenvalue weighted by molar-refractivity contribution is 6.03. The second-order valence-corrected chi connectivity index (χ2v) is 6.26. The lowest BCUT2D eigenvalue weighted by Gasteiger charge is -2.10. The van der Waals surface area contributed by atoms with Gasteiger partial charge in [0.1, 0.15) is 40.4 Å². The summed E-state index contributed by atoms with van der Waals surface area (Å²) >= 11 is 0. The molecular weight excluding hydrogens is 378 g/mol. The number of aryl methyl sites for hydroxylation is 1. The minimum absolute atomic E-state index is 0.00657. The molecule has 1 aromatic heterocycles. The number of halogens is 2. The summed E-state index contributed by atoms with van der Waals surface area (Å²) in [4.78, 5) is 20.7. The second kappa shape index (κ2) is 9.09. The first kappa shape index (κ1) is 20.2. The van der Waals surface area contributed by atoms with Crippen molar-refractivity contribution in [2.75, 3.05) is 24.3 Å². The lowest BCUT2D eigenvalue weighted by Crippen LogP contribution is -2.18. The highest BCUT2D eigenvalue weighted by Gasteiger charge is 2.16. The molecule has 3 aromatic rings. The Kier molecular flexibility index (Phi) is 6.33. The number of amides is 1. The van der Waals surface area contributed by atoms with Crippen LogP contribution >= 0.6 is 0 Å². The molecule has 2 N–H and O–H groups in total. The predicted octanol–water partition coefficient (Wildman–Crippen LogP) is 3.98. The first-order valence-corrected chi connectivity index (χ1v) is 8.94. The van der Waals surface area contributed by atoms with Gasteiger partial charge in [0, 0.05) is 12.6 Å². The third-order valence-electron chi connectivity index (χ3n) is 4.15. The van der Waals surface area contributed by atoms with Crippen LogP contribution in [0.15, 0.2) is 48.5 Å². The van der Waals surface area contributed by atoms with Crippen LogP contribution in [0.4, 0.5) is 20.3 Å². The molecule has 0 saturated carbocycles. The quantitative estimate of drug-likeness (QED) is 0.630. The van der Waals surface area contributed by atoms with Crippen molar-refractivity contribution in [2.24, 2.45) is 0 Å². The van der Waals surface area contributed by atoms with Gasteiger partial charge in [-0.2, -0.15) is 0 Å². The van der Waals surface area contributed by atoms with Crippen LogP contribution in [0.3, 0.4) is 0 Å². The van der Waals surface area contributed by atoms with E-state index in [1.807, 2.05) is 24.3 Å². The molecule has 2 aromatic carbocycles. The van der Waals surface area contributed by atoms with E-state index in [0.717, 1.165) is 29.9 Å². The van der Waals surface area contributed by atoms with E-state index in [-0.39, 0.29) is 5.69 Å². The third-order valence-corrected chi connectivity index (χ3v) is 4.15. The number of nitrogens with zero attached hydrogens (tertiary/aromatic N) is 2. The predicted molar refractivity (Wildman–Crippen MR) is 106 cm³/mol. The van der Waals surface area contributed by atoms with Crippen molar-refractivity contribution < 1.29 is 18.3 Å². The number of hydrogen-bond acceptors (Lipinski definition) is 5. The molecule has 0 saturated heterocycles. The molecule has 29 heavy (non-hydrogen) atoms. The van der Waals surface area contributed by atoms with Crippen LogP contribution in [0.1, 0.15) is 21.9 Å². The maximum Gasteiger partial charge on any atom is 0.274 e. The molecule has 0 fully saturated rings. The van der Waals surface area contributed by atoms with E-state index >= 15 is 0 Å². The minimum atomic E-state index is -0.859. The first-order valence-electron chi connectivity index (χ1n) is 8.94. The summed E-state index contributed by atoms with van der Waals surface area (Å²) in [5.41, 5.74) is 0.604. The van der Waals surface area contributed by atoms with Gasteiger partial charge in [-0.1, -0.05) is 18.2 Å². The third kappa shape index (κ3) is 5.25. The van der Waals surface area contributed by atoms with Gasteiger partial charge in [-0.05, 0) is 43.2 Å².